The third-order valence-electron chi connectivity index (χ3n) is 3.39. The van der Waals surface area contributed by atoms with Gasteiger partial charge in [-0.05, 0) is 36.6 Å². The van der Waals surface area contributed by atoms with Crippen LogP contribution in [0.2, 0.25) is 0 Å². The van der Waals surface area contributed by atoms with Crippen molar-refractivity contribution in [3.8, 4) is 11.5 Å². The van der Waals surface area contributed by atoms with Gasteiger partial charge in [0.25, 0.3) is 0 Å². The van der Waals surface area contributed by atoms with E-state index >= 15 is 0 Å². The van der Waals surface area contributed by atoms with E-state index in [9.17, 15) is 0 Å². The highest BCUT2D eigenvalue weighted by Gasteiger charge is 2.12. The molecule has 0 amide bonds. The minimum atomic E-state index is -0.0774. The summed E-state index contributed by atoms with van der Waals surface area (Å²) in [7, 11) is 1.67. The summed E-state index contributed by atoms with van der Waals surface area (Å²) in [6.45, 7) is 2.81. The van der Waals surface area contributed by atoms with Gasteiger partial charge in [-0.1, -0.05) is 37.3 Å². The molecule has 2 aromatic carbocycles. The smallest absolute Gasteiger partial charge is 0.124 e. The molecule has 0 saturated carbocycles. The fraction of sp³-hybridized carbons (Fsp3) is 0.333. The van der Waals surface area contributed by atoms with Gasteiger partial charge < -0.3 is 15.2 Å². The highest BCUT2D eigenvalue weighted by molar-refractivity contribution is 5.37. The molecule has 2 aromatic rings. The summed E-state index contributed by atoms with van der Waals surface area (Å²) in [6, 6.07) is 16.0. The van der Waals surface area contributed by atoms with Gasteiger partial charge in [-0.2, -0.15) is 0 Å². The lowest BCUT2D eigenvalue weighted by atomic mass is 9.99. The molecule has 0 spiro atoms. The number of para-hydroxylation sites is 1. The number of ether oxygens (including phenoxy) is 2. The van der Waals surface area contributed by atoms with Crippen molar-refractivity contribution in [3.63, 3.8) is 0 Å². The average Bonchev–Trinajstić information content (AvgIpc) is 2.54. The Labute approximate surface area is 126 Å². The first-order valence-corrected chi connectivity index (χ1v) is 7.34. The second-order valence-corrected chi connectivity index (χ2v) is 5.04. The number of benzene rings is 2. The van der Waals surface area contributed by atoms with Crippen molar-refractivity contribution in [1.29, 1.82) is 0 Å². The molecule has 0 aliphatic carbocycles. The first kappa shape index (κ1) is 15.4. The zero-order valence-corrected chi connectivity index (χ0v) is 12.7. The number of nitrogens with two attached hydrogens (primary N) is 1. The van der Waals surface area contributed by atoms with E-state index in [0.717, 1.165) is 29.9 Å². The van der Waals surface area contributed by atoms with Gasteiger partial charge >= 0.3 is 0 Å². The molecule has 3 nitrogen and oxygen atoms in total. The van der Waals surface area contributed by atoms with Crippen LogP contribution in [0.15, 0.2) is 48.5 Å². The minimum absolute atomic E-state index is 0.0774. The Morgan fingerprint density at radius 1 is 1.05 bits per heavy atom. The first-order chi connectivity index (χ1) is 10.2. The minimum Gasteiger partial charge on any atom is -0.497 e. The average molecular weight is 285 g/mol. The van der Waals surface area contributed by atoms with Crippen molar-refractivity contribution in [2.45, 2.75) is 25.8 Å². The third-order valence-corrected chi connectivity index (χ3v) is 3.39. The van der Waals surface area contributed by atoms with E-state index in [-0.39, 0.29) is 6.04 Å². The van der Waals surface area contributed by atoms with Crippen molar-refractivity contribution in [2.75, 3.05) is 13.7 Å². The summed E-state index contributed by atoms with van der Waals surface area (Å²) < 4.78 is 11.0. The zero-order valence-electron chi connectivity index (χ0n) is 12.7. The Hall–Kier alpha value is -2.00. The molecule has 2 N–H and O–H groups in total. The quantitative estimate of drug-likeness (QED) is 0.843. The summed E-state index contributed by atoms with van der Waals surface area (Å²) in [5.41, 5.74) is 8.60. The van der Waals surface area contributed by atoms with Crippen LogP contribution in [0.4, 0.5) is 0 Å². The van der Waals surface area contributed by atoms with E-state index in [2.05, 4.69) is 6.92 Å². The number of rotatable bonds is 7. The van der Waals surface area contributed by atoms with Crippen molar-refractivity contribution in [2.24, 2.45) is 5.73 Å². The standard InChI is InChI=1S/C18H23NO2/c1-3-12-21-18-7-5-4-6-16(18)17(19)13-14-8-10-15(20-2)11-9-14/h4-11,17H,3,12-13,19H2,1-2H3. The second-order valence-electron chi connectivity index (χ2n) is 5.04. The van der Waals surface area contributed by atoms with E-state index in [0.29, 0.717) is 6.61 Å². The highest BCUT2D eigenvalue weighted by atomic mass is 16.5. The monoisotopic (exact) mass is 285 g/mol. The lowest BCUT2D eigenvalue weighted by molar-refractivity contribution is 0.312. The largest absolute Gasteiger partial charge is 0.497 e. The summed E-state index contributed by atoms with van der Waals surface area (Å²) in [4.78, 5) is 0. The van der Waals surface area contributed by atoms with Gasteiger partial charge in [0, 0.05) is 11.6 Å². The second kappa shape index (κ2) is 7.70. The molecule has 0 aliphatic heterocycles. The van der Waals surface area contributed by atoms with Gasteiger partial charge in [0.05, 0.1) is 13.7 Å². The van der Waals surface area contributed by atoms with Crippen LogP contribution in [-0.4, -0.2) is 13.7 Å². The van der Waals surface area contributed by atoms with E-state index < -0.39 is 0 Å². The summed E-state index contributed by atoms with van der Waals surface area (Å²) in [5.74, 6) is 1.75. The van der Waals surface area contributed by atoms with E-state index in [1.54, 1.807) is 7.11 Å². The van der Waals surface area contributed by atoms with Crippen LogP contribution >= 0.6 is 0 Å². The molecule has 0 aliphatic rings. The molecule has 1 unspecified atom stereocenters. The first-order valence-electron chi connectivity index (χ1n) is 7.34. The van der Waals surface area contributed by atoms with Crippen molar-refractivity contribution in [1.82, 2.24) is 0 Å². The number of hydrogen-bond acceptors (Lipinski definition) is 3. The Morgan fingerprint density at radius 2 is 1.76 bits per heavy atom. The van der Waals surface area contributed by atoms with Crippen molar-refractivity contribution in [3.05, 3.63) is 59.7 Å². The topological polar surface area (TPSA) is 44.5 Å². The van der Waals surface area contributed by atoms with E-state index in [4.69, 9.17) is 15.2 Å². The summed E-state index contributed by atoms with van der Waals surface area (Å²) >= 11 is 0. The molecule has 0 aromatic heterocycles. The van der Waals surface area contributed by atoms with Gasteiger partial charge in [-0.3, -0.25) is 0 Å². The Morgan fingerprint density at radius 3 is 2.43 bits per heavy atom. The van der Waals surface area contributed by atoms with Crippen molar-refractivity contribution < 1.29 is 9.47 Å². The fourth-order valence-corrected chi connectivity index (χ4v) is 2.26. The highest BCUT2D eigenvalue weighted by Crippen LogP contribution is 2.26. The molecule has 21 heavy (non-hydrogen) atoms. The maximum atomic E-state index is 6.36. The van der Waals surface area contributed by atoms with Gasteiger partial charge in [0.1, 0.15) is 11.5 Å². The molecule has 0 heterocycles. The van der Waals surface area contributed by atoms with Gasteiger partial charge in [-0.15, -0.1) is 0 Å². The fourth-order valence-electron chi connectivity index (χ4n) is 2.26. The van der Waals surface area contributed by atoms with Crippen LogP contribution in [0.1, 0.15) is 30.5 Å². The third kappa shape index (κ3) is 4.23. The zero-order chi connectivity index (χ0) is 15.1. The number of methoxy groups -OCH3 is 1. The maximum absolute atomic E-state index is 6.36. The van der Waals surface area contributed by atoms with Crippen LogP contribution in [0.3, 0.4) is 0 Å². The molecular formula is C18H23NO2. The van der Waals surface area contributed by atoms with E-state index in [1.165, 1.54) is 5.56 Å². The summed E-state index contributed by atoms with van der Waals surface area (Å²) in [6.07, 6.45) is 1.76. The molecule has 2 rings (SSSR count). The maximum Gasteiger partial charge on any atom is 0.124 e. The van der Waals surface area contributed by atoms with Crippen molar-refractivity contribution >= 4 is 0 Å². The van der Waals surface area contributed by atoms with Gasteiger partial charge in [-0.25, -0.2) is 0 Å². The molecular weight excluding hydrogens is 262 g/mol. The van der Waals surface area contributed by atoms with Crippen LogP contribution in [-0.2, 0) is 6.42 Å². The number of hydrogen-bond donors (Lipinski definition) is 1. The Kier molecular flexibility index (Phi) is 5.64. The molecule has 0 radical (unpaired) electrons. The SMILES string of the molecule is CCCOc1ccccc1C(N)Cc1ccc(OC)cc1. The predicted octanol–water partition coefficient (Wildman–Crippen LogP) is 3.73. The van der Waals surface area contributed by atoms with Crippen LogP contribution in [0.25, 0.3) is 0 Å². The lowest BCUT2D eigenvalue weighted by Gasteiger charge is -2.17. The Balaban J connectivity index is 2.09. The molecule has 112 valence electrons. The van der Waals surface area contributed by atoms with Gasteiger partial charge in [0.2, 0.25) is 0 Å². The van der Waals surface area contributed by atoms with E-state index in [1.807, 2.05) is 48.5 Å². The lowest BCUT2D eigenvalue weighted by Crippen LogP contribution is -2.15. The molecule has 1 atom stereocenters. The van der Waals surface area contributed by atoms with Crippen LogP contribution in [0.5, 0.6) is 11.5 Å². The van der Waals surface area contributed by atoms with Crippen LogP contribution < -0.4 is 15.2 Å². The van der Waals surface area contributed by atoms with Gasteiger partial charge in [0.15, 0.2) is 0 Å². The molecule has 0 fully saturated rings. The Bertz CT molecular complexity index is 551. The molecule has 0 saturated heterocycles. The summed E-state index contributed by atoms with van der Waals surface area (Å²) in [5, 5.41) is 0. The molecule has 0 bridgehead atoms. The normalized spacial score (nSPS) is 12.0. The molecule has 3 heteroatoms. The van der Waals surface area contributed by atoms with Crippen LogP contribution in [0, 0.1) is 0 Å². The predicted molar refractivity (Wildman–Crippen MR) is 85.9 cm³/mol.